The topological polar surface area (TPSA) is 43.1 Å². The molecule has 0 aliphatic heterocycles. The number of hydrogen-bond donors (Lipinski definition) is 1. The van der Waals surface area contributed by atoms with Crippen LogP contribution in [-0.4, -0.2) is 11.8 Å². The number of ketones is 1. The van der Waals surface area contributed by atoms with Crippen LogP contribution in [0.1, 0.15) is 40.0 Å². The zero-order valence-corrected chi connectivity index (χ0v) is 7.76. The normalized spacial score (nSPS) is 16.0. The van der Waals surface area contributed by atoms with Gasteiger partial charge in [-0.3, -0.25) is 4.79 Å². The molecular weight excluding hydrogens is 138 g/mol. The smallest absolute Gasteiger partial charge is 0.146 e. The summed E-state index contributed by atoms with van der Waals surface area (Å²) in [7, 11) is 0. The van der Waals surface area contributed by atoms with Gasteiger partial charge in [-0.2, -0.15) is 0 Å². The fourth-order valence-corrected chi connectivity index (χ4v) is 0.871. The first-order chi connectivity index (χ1) is 5.07. The molecule has 0 radical (unpaired) electrons. The molecular formula is C9H19NO. The molecule has 0 heterocycles. The van der Waals surface area contributed by atoms with E-state index < -0.39 is 0 Å². The van der Waals surface area contributed by atoms with E-state index in [0.29, 0.717) is 5.92 Å². The minimum Gasteiger partial charge on any atom is -0.322 e. The van der Waals surface area contributed by atoms with Gasteiger partial charge in [0, 0.05) is 0 Å². The average Bonchev–Trinajstić information content (AvgIpc) is 1.99. The van der Waals surface area contributed by atoms with Gasteiger partial charge < -0.3 is 5.73 Å². The van der Waals surface area contributed by atoms with Crippen molar-refractivity contribution in [2.75, 3.05) is 0 Å². The Balaban J connectivity index is 3.45. The number of Topliss-reactive ketones (excluding diaryl/α,β-unsaturated/α-hetero) is 1. The van der Waals surface area contributed by atoms with Crippen LogP contribution in [0.15, 0.2) is 0 Å². The predicted octanol–water partition coefficient (Wildman–Crippen LogP) is 1.73. The van der Waals surface area contributed by atoms with E-state index in [0.717, 1.165) is 12.8 Å². The van der Waals surface area contributed by atoms with Crippen LogP contribution in [0.2, 0.25) is 0 Å². The Morgan fingerprint density at radius 2 is 2.00 bits per heavy atom. The average molecular weight is 157 g/mol. The fourth-order valence-electron chi connectivity index (χ4n) is 0.871. The second-order valence-electron chi connectivity index (χ2n) is 3.31. The molecule has 0 aromatic rings. The second kappa shape index (κ2) is 5.30. The number of carbonyl (C=O) groups is 1. The van der Waals surface area contributed by atoms with Crippen molar-refractivity contribution in [3.05, 3.63) is 0 Å². The van der Waals surface area contributed by atoms with Crippen LogP contribution >= 0.6 is 0 Å². The number of nitrogens with two attached hydrogens (primary N) is 1. The van der Waals surface area contributed by atoms with Crippen LogP contribution in [0.3, 0.4) is 0 Å². The Kier molecular flexibility index (Phi) is 5.12. The highest BCUT2D eigenvalue weighted by Gasteiger charge is 2.08. The van der Waals surface area contributed by atoms with Crippen molar-refractivity contribution in [3.63, 3.8) is 0 Å². The monoisotopic (exact) mass is 157 g/mol. The predicted molar refractivity (Wildman–Crippen MR) is 47.3 cm³/mol. The van der Waals surface area contributed by atoms with Gasteiger partial charge in [0.05, 0.1) is 6.04 Å². The van der Waals surface area contributed by atoms with Crippen LogP contribution in [0.4, 0.5) is 0 Å². The first-order valence-electron chi connectivity index (χ1n) is 4.34. The van der Waals surface area contributed by atoms with Crippen molar-refractivity contribution in [2.45, 2.75) is 46.1 Å². The molecule has 0 saturated heterocycles. The lowest BCUT2D eigenvalue weighted by atomic mass is 9.98. The molecule has 0 saturated carbocycles. The standard InChI is InChI=1S/C9H19NO/c1-4-7(2)5-6-9(10)8(3)11/h7,9H,4-6,10H2,1-3H3/t7-,9-/m0/s1. The highest BCUT2D eigenvalue weighted by Crippen LogP contribution is 2.10. The minimum atomic E-state index is -0.232. The van der Waals surface area contributed by atoms with Gasteiger partial charge >= 0.3 is 0 Å². The Bertz CT molecular complexity index is 123. The summed E-state index contributed by atoms with van der Waals surface area (Å²) in [4.78, 5) is 10.7. The molecule has 2 heteroatoms. The molecule has 0 fully saturated rings. The van der Waals surface area contributed by atoms with Gasteiger partial charge in [-0.25, -0.2) is 0 Å². The Morgan fingerprint density at radius 1 is 1.45 bits per heavy atom. The summed E-state index contributed by atoms with van der Waals surface area (Å²) in [5.74, 6) is 0.800. The third-order valence-corrected chi connectivity index (χ3v) is 2.19. The molecule has 0 spiro atoms. The Hall–Kier alpha value is -0.370. The molecule has 0 aliphatic rings. The van der Waals surface area contributed by atoms with E-state index in [-0.39, 0.29) is 11.8 Å². The van der Waals surface area contributed by atoms with Gasteiger partial charge in [0.1, 0.15) is 5.78 Å². The largest absolute Gasteiger partial charge is 0.322 e. The van der Waals surface area contributed by atoms with Gasteiger partial charge in [0.15, 0.2) is 0 Å². The minimum absolute atomic E-state index is 0.105. The van der Waals surface area contributed by atoms with Crippen LogP contribution < -0.4 is 5.73 Å². The van der Waals surface area contributed by atoms with Crippen molar-refractivity contribution in [1.29, 1.82) is 0 Å². The van der Waals surface area contributed by atoms with E-state index in [1.54, 1.807) is 6.92 Å². The maximum absolute atomic E-state index is 10.7. The highest BCUT2D eigenvalue weighted by atomic mass is 16.1. The van der Waals surface area contributed by atoms with E-state index in [1.807, 2.05) is 0 Å². The van der Waals surface area contributed by atoms with Gasteiger partial charge in [0.2, 0.25) is 0 Å². The maximum atomic E-state index is 10.7. The van der Waals surface area contributed by atoms with E-state index in [4.69, 9.17) is 5.73 Å². The van der Waals surface area contributed by atoms with Crippen molar-refractivity contribution in [3.8, 4) is 0 Å². The molecule has 0 amide bonds. The van der Waals surface area contributed by atoms with E-state index >= 15 is 0 Å². The third kappa shape index (κ3) is 4.96. The SMILES string of the molecule is CC[C@H](C)CC[C@H](N)C(C)=O. The van der Waals surface area contributed by atoms with Crippen molar-refractivity contribution in [1.82, 2.24) is 0 Å². The molecule has 0 bridgehead atoms. The maximum Gasteiger partial charge on any atom is 0.146 e. The summed E-state index contributed by atoms with van der Waals surface area (Å²) in [6, 6.07) is -0.232. The van der Waals surface area contributed by atoms with Gasteiger partial charge in [-0.05, 0) is 25.7 Å². The molecule has 11 heavy (non-hydrogen) atoms. The Labute approximate surface area is 69.2 Å². The lowest BCUT2D eigenvalue weighted by molar-refractivity contribution is -0.118. The van der Waals surface area contributed by atoms with Gasteiger partial charge in [-0.1, -0.05) is 20.3 Å². The first kappa shape index (κ1) is 10.6. The summed E-state index contributed by atoms with van der Waals surface area (Å²) in [5.41, 5.74) is 5.57. The number of hydrogen-bond acceptors (Lipinski definition) is 2. The molecule has 0 aromatic carbocycles. The summed E-state index contributed by atoms with van der Waals surface area (Å²) >= 11 is 0. The second-order valence-corrected chi connectivity index (χ2v) is 3.31. The summed E-state index contributed by atoms with van der Waals surface area (Å²) in [6.07, 6.45) is 3.08. The molecule has 0 aliphatic carbocycles. The van der Waals surface area contributed by atoms with Crippen LogP contribution in [0.5, 0.6) is 0 Å². The lowest BCUT2D eigenvalue weighted by Crippen LogP contribution is -2.28. The quantitative estimate of drug-likeness (QED) is 0.660. The molecule has 0 unspecified atom stereocenters. The summed E-state index contributed by atoms with van der Waals surface area (Å²) in [6.45, 7) is 5.90. The Morgan fingerprint density at radius 3 is 2.36 bits per heavy atom. The first-order valence-corrected chi connectivity index (χ1v) is 4.34. The lowest BCUT2D eigenvalue weighted by Gasteiger charge is -2.11. The summed E-state index contributed by atoms with van der Waals surface area (Å²) in [5, 5.41) is 0. The number of rotatable bonds is 5. The molecule has 66 valence electrons. The van der Waals surface area contributed by atoms with Crippen molar-refractivity contribution in [2.24, 2.45) is 11.7 Å². The van der Waals surface area contributed by atoms with Crippen LogP contribution in [0, 0.1) is 5.92 Å². The zero-order valence-electron chi connectivity index (χ0n) is 7.76. The number of carbonyl (C=O) groups excluding carboxylic acids is 1. The fraction of sp³-hybridized carbons (Fsp3) is 0.889. The molecule has 0 aromatic heterocycles. The van der Waals surface area contributed by atoms with Crippen molar-refractivity contribution >= 4 is 5.78 Å². The third-order valence-electron chi connectivity index (χ3n) is 2.19. The molecule has 2 nitrogen and oxygen atoms in total. The van der Waals surface area contributed by atoms with Crippen molar-refractivity contribution < 1.29 is 4.79 Å². The van der Waals surface area contributed by atoms with Gasteiger partial charge in [-0.15, -0.1) is 0 Å². The highest BCUT2D eigenvalue weighted by molar-refractivity contribution is 5.80. The van der Waals surface area contributed by atoms with Crippen LogP contribution in [0.25, 0.3) is 0 Å². The molecule has 2 N–H and O–H groups in total. The van der Waals surface area contributed by atoms with Gasteiger partial charge in [0.25, 0.3) is 0 Å². The zero-order chi connectivity index (χ0) is 8.85. The summed E-state index contributed by atoms with van der Waals surface area (Å²) < 4.78 is 0. The van der Waals surface area contributed by atoms with E-state index in [1.165, 1.54) is 6.42 Å². The van der Waals surface area contributed by atoms with E-state index in [9.17, 15) is 4.79 Å². The van der Waals surface area contributed by atoms with E-state index in [2.05, 4.69) is 13.8 Å². The molecule has 2 atom stereocenters. The molecule has 0 rings (SSSR count). The van der Waals surface area contributed by atoms with Crippen LogP contribution in [-0.2, 0) is 4.79 Å².